The molecular formula is C21H21N3O5S. The first-order chi connectivity index (χ1) is 14.5. The number of hydrogen-bond acceptors (Lipinski definition) is 7. The topological polar surface area (TPSA) is 98.8 Å². The fourth-order valence-electron chi connectivity index (χ4n) is 2.54. The van der Waals surface area contributed by atoms with Crippen molar-refractivity contribution in [2.75, 3.05) is 31.5 Å². The third-order valence-electron chi connectivity index (χ3n) is 3.99. The van der Waals surface area contributed by atoms with Gasteiger partial charge in [-0.3, -0.25) is 14.9 Å². The van der Waals surface area contributed by atoms with E-state index in [1.807, 2.05) is 6.92 Å². The van der Waals surface area contributed by atoms with Gasteiger partial charge in [-0.05, 0) is 43.3 Å². The monoisotopic (exact) mass is 427 g/mol. The van der Waals surface area contributed by atoms with Crippen molar-refractivity contribution in [3.63, 3.8) is 0 Å². The number of nitrogens with zero attached hydrogens (tertiary/aromatic N) is 1. The second-order valence-electron chi connectivity index (χ2n) is 6.00. The number of amides is 2. The number of benzene rings is 2. The minimum atomic E-state index is -0.389. The molecule has 0 saturated carbocycles. The number of rotatable bonds is 8. The fraction of sp³-hybridized carbons (Fsp3) is 0.190. The van der Waals surface area contributed by atoms with Crippen LogP contribution in [0, 0.1) is 0 Å². The van der Waals surface area contributed by atoms with Crippen molar-refractivity contribution >= 4 is 34.0 Å². The highest BCUT2D eigenvalue weighted by molar-refractivity contribution is 7.14. The fourth-order valence-corrected chi connectivity index (χ4v) is 3.23. The van der Waals surface area contributed by atoms with Crippen molar-refractivity contribution in [3.8, 4) is 17.2 Å². The average molecular weight is 427 g/mol. The summed E-state index contributed by atoms with van der Waals surface area (Å²) < 4.78 is 15.7. The lowest BCUT2D eigenvalue weighted by atomic mass is 10.2. The van der Waals surface area contributed by atoms with Crippen molar-refractivity contribution in [3.05, 3.63) is 59.1 Å². The number of ether oxygens (including phenoxy) is 3. The summed E-state index contributed by atoms with van der Waals surface area (Å²) in [6, 6.07) is 11.9. The maximum Gasteiger partial charge on any atom is 0.275 e. The highest BCUT2D eigenvalue weighted by atomic mass is 32.1. The number of methoxy groups -OCH3 is 2. The quantitative estimate of drug-likeness (QED) is 0.562. The van der Waals surface area contributed by atoms with Gasteiger partial charge in [-0.2, -0.15) is 0 Å². The zero-order chi connectivity index (χ0) is 21.5. The van der Waals surface area contributed by atoms with Gasteiger partial charge in [0.25, 0.3) is 11.8 Å². The number of carbonyl (C=O) groups excluding carboxylic acids is 2. The molecule has 0 radical (unpaired) electrons. The van der Waals surface area contributed by atoms with E-state index in [1.54, 1.807) is 47.8 Å². The molecule has 3 aromatic rings. The molecule has 9 heteroatoms. The van der Waals surface area contributed by atoms with Crippen LogP contribution in [0.3, 0.4) is 0 Å². The van der Waals surface area contributed by atoms with Crippen molar-refractivity contribution in [1.82, 2.24) is 4.98 Å². The van der Waals surface area contributed by atoms with E-state index in [0.717, 1.165) is 17.1 Å². The first kappa shape index (κ1) is 21.1. The molecule has 0 aliphatic carbocycles. The Labute approximate surface area is 177 Å². The summed E-state index contributed by atoms with van der Waals surface area (Å²) in [6.07, 6.45) is 0. The van der Waals surface area contributed by atoms with Gasteiger partial charge in [0.2, 0.25) is 0 Å². The van der Waals surface area contributed by atoms with Crippen LogP contribution in [-0.4, -0.2) is 37.6 Å². The van der Waals surface area contributed by atoms with Gasteiger partial charge in [-0.25, -0.2) is 4.98 Å². The predicted molar refractivity (Wildman–Crippen MR) is 115 cm³/mol. The third-order valence-corrected chi connectivity index (χ3v) is 4.75. The standard InChI is InChI=1S/C21H21N3O5S/c1-4-29-15-7-5-14(6-8-15)22-20(26)18-12-30-21(23-18)24-19(25)13-9-16(27-2)11-17(10-13)28-3/h5-12H,4H2,1-3H3,(H,22,26)(H,23,24,25). The summed E-state index contributed by atoms with van der Waals surface area (Å²) in [5, 5.41) is 7.32. The van der Waals surface area contributed by atoms with Crippen LogP contribution in [0.15, 0.2) is 47.8 Å². The number of carbonyl (C=O) groups is 2. The van der Waals surface area contributed by atoms with Gasteiger partial charge in [0.05, 0.1) is 20.8 Å². The van der Waals surface area contributed by atoms with E-state index in [2.05, 4.69) is 15.6 Å². The molecule has 8 nitrogen and oxygen atoms in total. The summed E-state index contributed by atoms with van der Waals surface area (Å²) in [4.78, 5) is 29.1. The molecule has 3 rings (SSSR count). The van der Waals surface area contributed by atoms with Crippen LogP contribution in [0.25, 0.3) is 0 Å². The zero-order valence-electron chi connectivity index (χ0n) is 16.7. The van der Waals surface area contributed by atoms with E-state index in [4.69, 9.17) is 14.2 Å². The van der Waals surface area contributed by atoms with E-state index >= 15 is 0 Å². The smallest absolute Gasteiger partial charge is 0.275 e. The number of hydrogen-bond donors (Lipinski definition) is 2. The molecule has 0 bridgehead atoms. The normalized spacial score (nSPS) is 10.2. The van der Waals surface area contributed by atoms with E-state index in [1.165, 1.54) is 14.2 Å². The summed E-state index contributed by atoms with van der Waals surface area (Å²) >= 11 is 1.15. The molecule has 1 aromatic heterocycles. The highest BCUT2D eigenvalue weighted by Crippen LogP contribution is 2.24. The molecule has 156 valence electrons. The molecule has 0 aliphatic rings. The third kappa shape index (κ3) is 5.26. The van der Waals surface area contributed by atoms with Crippen molar-refractivity contribution < 1.29 is 23.8 Å². The van der Waals surface area contributed by atoms with Crippen LogP contribution < -0.4 is 24.8 Å². The molecule has 2 amide bonds. The van der Waals surface area contributed by atoms with E-state index in [-0.39, 0.29) is 17.5 Å². The molecular weight excluding hydrogens is 406 g/mol. The first-order valence-electron chi connectivity index (χ1n) is 9.06. The van der Waals surface area contributed by atoms with Gasteiger partial charge in [0, 0.05) is 22.7 Å². The van der Waals surface area contributed by atoms with Crippen LogP contribution >= 0.6 is 11.3 Å². The van der Waals surface area contributed by atoms with Crippen LogP contribution in [0.4, 0.5) is 10.8 Å². The zero-order valence-corrected chi connectivity index (χ0v) is 17.5. The second-order valence-corrected chi connectivity index (χ2v) is 6.86. The second kappa shape index (κ2) is 9.75. The first-order valence-corrected chi connectivity index (χ1v) is 9.94. The molecule has 0 fully saturated rings. The molecule has 2 N–H and O–H groups in total. The maximum atomic E-state index is 12.5. The van der Waals surface area contributed by atoms with E-state index in [0.29, 0.717) is 34.5 Å². The van der Waals surface area contributed by atoms with Gasteiger partial charge in [0.1, 0.15) is 22.9 Å². The lowest BCUT2D eigenvalue weighted by Gasteiger charge is -2.08. The Morgan fingerprint density at radius 1 is 0.933 bits per heavy atom. The van der Waals surface area contributed by atoms with Gasteiger partial charge in [-0.1, -0.05) is 0 Å². The minimum Gasteiger partial charge on any atom is -0.497 e. The summed E-state index contributed by atoms with van der Waals surface area (Å²) in [7, 11) is 3.01. The lowest BCUT2D eigenvalue weighted by Crippen LogP contribution is -2.14. The average Bonchev–Trinajstić information content (AvgIpc) is 3.23. The van der Waals surface area contributed by atoms with Crippen molar-refractivity contribution in [1.29, 1.82) is 0 Å². The summed E-state index contributed by atoms with van der Waals surface area (Å²) in [6.45, 7) is 2.47. The largest absolute Gasteiger partial charge is 0.497 e. The maximum absolute atomic E-state index is 12.5. The van der Waals surface area contributed by atoms with Gasteiger partial charge in [-0.15, -0.1) is 11.3 Å². The highest BCUT2D eigenvalue weighted by Gasteiger charge is 2.15. The molecule has 0 unspecified atom stereocenters. The molecule has 1 heterocycles. The Bertz CT molecular complexity index is 1010. The summed E-state index contributed by atoms with van der Waals surface area (Å²) in [5.74, 6) is 0.949. The van der Waals surface area contributed by atoms with Crippen LogP contribution in [0.1, 0.15) is 27.8 Å². The minimum absolute atomic E-state index is 0.201. The Balaban J connectivity index is 1.65. The number of thiazole rings is 1. The Morgan fingerprint density at radius 3 is 2.20 bits per heavy atom. The Hall–Kier alpha value is -3.59. The molecule has 0 atom stereocenters. The van der Waals surface area contributed by atoms with Gasteiger partial charge in [0.15, 0.2) is 5.13 Å². The number of aromatic nitrogens is 1. The Kier molecular flexibility index (Phi) is 6.87. The van der Waals surface area contributed by atoms with Crippen molar-refractivity contribution in [2.24, 2.45) is 0 Å². The van der Waals surface area contributed by atoms with E-state index < -0.39 is 0 Å². The Morgan fingerprint density at radius 2 is 1.60 bits per heavy atom. The molecule has 2 aromatic carbocycles. The molecule has 0 aliphatic heterocycles. The van der Waals surface area contributed by atoms with E-state index in [9.17, 15) is 9.59 Å². The van der Waals surface area contributed by atoms with Gasteiger partial charge >= 0.3 is 0 Å². The predicted octanol–water partition coefficient (Wildman–Crippen LogP) is 4.06. The SMILES string of the molecule is CCOc1ccc(NC(=O)c2csc(NC(=O)c3cc(OC)cc(OC)c3)n2)cc1. The molecule has 0 spiro atoms. The van der Waals surface area contributed by atoms with Crippen LogP contribution in [0.2, 0.25) is 0 Å². The molecule has 30 heavy (non-hydrogen) atoms. The molecule has 0 saturated heterocycles. The summed E-state index contributed by atoms with van der Waals surface area (Å²) in [5.41, 5.74) is 1.17. The van der Waals surface area contributed by atoms with Crippen LogP contribution in [-0.2, 0) is 0 Å². The van der Waals surface area contributed by atoms with Crippen molar-refractivity contribution in [2.45, 2.75) is 6.92 Å². The van der Waals surface area contributed by atoms with Crippen LogP contribution in [0.5, 0.6) is 17.2 Å². The van der Waals surface area contributed by atoms with Gasteiger partial charge < -0.3 is 19.5 Å². The lowest BCUT2D eigenvalue weighted by molar-refractivity contribution is 0.101. The number of nitrogens with one attached hydrogen (secondary N) is 2. The number of anilines is 2.